The van der Waals surface area contributed by atoms with E-state index in [9.17, 15) is 4.79 Å². The molecule has 0 aromatic heterocycles. The summed E-state index contributed by atoms with van der Waals surface area (Å²) in [6.07, 6.45) is 4.61. The zero-order chi connectivity index (χ0) is 13.4. The third-order valence-electron chi connectivity index (χ3n) is 2.38. The summed E-state index contributed by atoms with van der Waals surface area (Å²) in [6, 6.07) is 5.33. The number of ether oxygens (including phenoxy) is 2. The number of hydrogen-bond donors (Lipinski definition) is 1. The first-order valence-corrected chi connectivity index (χ1v) is 5.89. The van der Waals surface area contributed by atoms with Gasteiger partial charge in [0.05, 0.1) is 13.7 Å². The average Bonchev–Trinajstić information content (AvgIpc) is 2.37. The van der Waals surface area contributed by atoms with Gasteiger partial charge in [-0.2, -0.15) is 0 Å². The lowest BCUT2D eigenvalue weighted by molar-refractivity contribution is -0.131. The number of carboxylic acids is 1. The van der Waals surface area contributed by atoms with Gasteiger partial charge in [-0.25, -0.2) is 4.79 Å². The highest BCUT2D eigenvalue weighted by molar-refractivity contribution is 5.86. The van der Waals surface area contributed by atoms with Crippen LogP contribution >= 0.6 is 0 Å². The van der Waals surface area contributed by atoms with Gasteiger partial charge in [-0.15, -0.1) is 0 Å². The van der Waals surface area contributed by atoms with Crippen LogP contribution in [0.4, 0.5) is 0 Å². The normalized spacial score (nSPS) is 10.6. The molecule has 0 saturated heterocycles. The van der Waals surface area contributed by atoms with Crippen LogP contribution in [0.25, 0.3) is 6.08 Å². The molecule has 18 heavy (non-hydrogen) atoms. The van der Waals surface area contributed by atoms with Gasteiger partial charge < -0.3 is 14.6 Å². The second kappa shape index (κ2) is 7.37. The molecule has 0 amide bonds. The molecule has 0 spiro atoms. The zero-order valence-electron chi connectivity index (χ0n) is 10.7. The first-order chi connectivity index (χ1) is 8.67. The molecule has 1 rings (SSSR count). The van der Waals surface area contributed by atoms with Crippen molar-refractivity contribution in [2.45, 2.75) is 19.8 Å². The Balaban J connectivity index is 2.89. The molecular weight excluding hydrogens is 232 g/mol. The fourth-order valence-electron chi connectivity index (χ4n) is 1.40. The number of carbonyl (C=O) groups is 1. The second-order valence-electron chi connectivity index (χ2n) is 3.78. The molecule has 0 aliphatic carbocycles. The van der Waals surface area contributed by atoms with Crippen LogP contribution in [-0.4, -0.2) is 24.8 Å². The molecule has 0 aliphatic rings. The Hall–Kier alpha value is -1.97. The minimum Gasteiger partial charge on any atom is -0.497 e. The molecule has 0 fully saturated rings. The third kappa shape index (κ3) is 4.49. The van der Waals surface area contributed by atoms with Crippen LogP contribution in [0.5, 0.6) is 11.5 Å². The molecule has 0 radical (unpaired) electrons. The number of benzene rings is 1. The Morgan fingerprint density at radius 2 is 2.22 bits per heavy atom. The van der Waals surface area contributed by atoms with Gasteiger partial charge in [0.15, 0.2) is 0 Å². The zero-order valence-corrected chi connectivity index (χ0v) is 10.7. The highest BCUT2D eigenvalue weighted by Crippen LogP contribution is 2.25. The summed E-state index contributed by atoms with van der Waals surface area (Å²) in [5.41, 5.74) is 0.702. The summed E-state index contributed by atoms with van der Waals surface area (Å²) in [6.45, 7) is 2.71. The van der Waals surface area contributed by atoms with Crippen molar-refractivity contribution < 1.29 is 19.4 Å². The van der Waals surface area contributed by atoms with E-state index in [0.717, 1.165) is 18.9 Å². The van der Waals surface area contributed by atoms with Crippen molar-refractivity contribution in [1.29, 1.82) is 0 Å². The van der Waals surface area contributed by atoms with E-state index in [0.29, 0.717) is 23.7 Å². The topological polar surface area (TPSA) is 55.8 Å². The molecule has 1 aromatic carbocycles. The van der Waals surface area contributed by atoms with Crippen LogP contribution in [0.3, 0.4) is 0 Å². The van der Waals surface area contributed by atoms with Crippen molar-refractivity contribution in [3.63, 3.8) is 0 Å². The Kier molecular flexibility index (Phi) is 5.77. The van der Waals surface area contributed by atoms with Crippen LogP contribution in [0.1, 0.15) is 25.3 Å². The molecule has 4 heteroatoms. The quantitative estimate of drug-likeness (QED) is 0.597. The van der Waals surface area contributed by atoms with E-state index in [2.05, 4.69) is 6.92 Å². The van der Waals surface area contributed by atoms with Gasteiger partial charge in [-0.05, 0) is 30.7 Å². The molecule has 98 valence electrons. The maximum absolute atomic E-state index is 10.5. The summed E-state index contributed by atoms with van der Waals surface area (Å²) >= 11 is 0. The van der Waals surface area contributed by atoms with Gasteiger partial charge in [0, 0.05) is 11.6 Å². The number of methoxy groups -OCH3 is 1. The van der Waals surface area contributed by atoms with E-state index in [-0.39, 0.29) is 0 Å². The minimum atomic E-state index is -0.989. The number of carboxylic acid groups (broad SMARTS) is 1. The molecule has 0 heterocycles. The predicted octanol–water partition coefficient (Wildman–Crippen LogP) is 2.97. The smallest absolute Gasteiger partial charge is 0.328 e. The van der Waals surface area contributed by atoms with Gasteiger partial charge in [-0.1, -0.05) is 13.3 Å². The lowest BCUT2D eigenvalue weighted by Crippen LogP contribution is -1.98. The van der Waals surface area contributed by atoms with Crippen molar-refractivity contribution in [2.75, 3.05) is 13.7 Å². The number of aliphatic carboxylic acids is 1. The molecular formula is C14H18O4. The van der Waals surface area contributed by atoms with Crippen molar-refractivity contribution >= 4 is 12.0 Å². The van der Waals surface area contributed by atoms with Crippen LogP contribution in [0, 0.1) is 0 Å². The van der Waals surface area contributed by atoms with Crippen molar-refractivity contribution in [1.82, 2.24) is 0 Å². The second-order valence-corrected chi connectivity index (χ2v) is 3.78. The monoisotopic (exact) mass is 250 g/mol. The van der Waals surface area contributed by atoms with Crippen LogP contribution < -0.4 is 9.47 Å². The largest absolute Gasteiger partial charge is 0.497 e. The van der Waals surface area contributed by atoms with Crippen molar-refractivity contribution in [2.24, 2.45) is 0 Å². The van der Waals surface area contributed by atoms with E-state index in [1.54, 1.807) is 25.3 Å². The number of hydrogen-bond acceptors (Lipinski definition) is 3. The molecule has 1 N–H and O–H groups in total. The van der Waals surface area contributed by atoms with Gasteiger partial charge in [0.1, 0.15) is 11.5 Å². The maximum atomic E-state index is 10.5. The summed E-state index contributed by atoms with van der Waals surface area (Å²) in [5, 5.41) is 8.65. The van der Waals surface area contributed by atoms with Crippen LogP contribution in [0.15, 0.2) is 24.3 Å². The Morgan fingerprint density at radius 1 is 1.44 bits per heavy atom. The van der Waals surface area contributed by atoms with Crippen LogP contribution in [-0.2, 0) is 4.79 Å². The summed E-state index contributed by atoms with van der Waals surface area (Å²) in [4.78, 5) is 10.5. The summed E-state index contributed by atoms with van der Waals surface area (Å²) in [5.74, 6) is 0.349. The van der Waals surface area contributed by atoms with Crippen LogP contribution in [0.2, 0.25) is 0 Å². The lowest BCUT2D eigenvalue weighted by atomic mass is 10.1. The SMILES string of the molecule is CCCCOc1ccc(OC)cc1/C=C/C(=O)O. The Morgan fingerprint density at radius 3 is 2.83 bits per heavy atom. The van der Waals surface area contributed by atoms with Gasteiger partial charge in [0.2, 0.25) is 0 Å². The molecule has 1 aromatic rings. The fraction of sp³-hybridized carbons (Fsp3) is 0.357. The molecule has 4 nitrogen and oxygen atoms in total. The minimum absolute atomic E-state index is 0.622. The molecule has 0 aliphatic heterocycles. The average molecular weight is 250 g/mol. The van der Waals surface area contributed by atoms with E-state index < -0.39 is 5.97 Å². The lowest BCUT2D eigenvalue weighted by Gasteiger charge is -2.10. The molecule has 0 saturated carbocycles. The number of rotatable bonds is 7. The van der Waals surface area contributed by atoms with Gasteiger partial charge in [-0.3, -0.25) is 0 Å². The first-order valence-electron chi connectivity index (χ1n) is 5.89. The number of unbranched alkanes of at least 4 members (excludes halogenated alkanes) is 1. The van der Waals surface area contributed by atoms with Gasteiger partial charge >= 0.3 is 5.97 Å². The standard InChI is InChI=1S/C14H18O4/c1-3-4-9-18-13-7-6-12(17-2)10-11(13)5-8-14(15)16/h5-8,10H,3-4,9H2,1-2H3,(H,15,16)/b8-5+. The van der Waals surface area contributed by atoms with E-state index in [4.69, 9.17) is 14.6 Å². The summed E-state index contributed by atoms with van der Waals surface area (Å²) in [7, 11) is 1.57. The van der Waals surface area contributed by atoms with Crippen molar-refractivity contribution in [3.8, 4) is 11.5 Å². The maximum Gasteiger partial charge on any atom is 0.328 e. The third-order valence-corrected chi connectivity index (χ3v) is 2.38. The Labute approximate surface area is 107 Å². The van der Waals surface area contributed by atoms with E-state index >= 15 is 0 Å². The highest BCUT2D eigenvalue weighted by Gasteiger charge is 2.03. The first kappa shape index (κ1) is 14.1. The molecule has 0 bridgehead atoms. The van der Waals surface area contributed by atoms with Crippen molar-refractivity contribution in [3.05, 3.63) is 29.8 Å². The van der Waals surface area contributed by atoms with Gasteiger partial charge in [0.25, 0.3) is 0 Å². The van der Waals surface area contributed by atoms with E-state index in [1.165, 1.54) is 6.08 Å². The molecule has 0 unspecified atom stereocenters. The predicted molar refractivity (Wildman–Crippen MR) is 70.1 cm³/mol. The highest BCUT2D eigenvalue weighted by atomic mass is 16.5. The fourth-order valence-corrected chi connectivity index (χ4v) is 1.40. The summed E-state index contributed by atoms with van der Waals surface area (Å²) < 4.78 is 10.7. The van der Waals surface area contributed by atoms with E-state index in [1.807, 2.05) is 0 Å². The molecule has 0 atom stereocenters. The Bertz CT molecular complexity index is 424.